The summed E-state index contributed by atoms with van der Waals surface area (Å²) < 4.78 is 13.8. The molecule has 0 aliphatic carbocycles. The molecular weight excluding hydrogens is 446 g/mol. The minimum absolute atomic E-state index is 0.220. The molecule has 1 N–H and O–H groups in total. The summed E-state index contributed by atoms with van der Waals surface area (Å²) in [5.41, 5.74) is 1.71. The molecule has 34 heavy (non-hydrogen) atoms. The first-order valence-corrected chi connectivity index (χ1v) is 16.2. The topological polar surface area (TPSA) is 81.5 Å². The molecule has 2 aromatic heterocycles. The van der Waals surface area contributed by atoms with Gasteiger partial charge in [-0.15, -0.1) is 0 Å². The molecule has 4 bridgehead atoms. The number of fused-ring (bicyclic) bond motifs is 3. The second-order valence-corrected chi connectivity index (χ2v) is 16.6. The average molecular weight is 486 g/mol. The van der Waals surface area contributed by atoms with E-state index in [4.69, 9.17) is 14.6 Å². The van der Waals surface area contributed by atoms with E-state index in [9.17, 15) is 4.79 Å². The summed E-state index contributed by atoms with van der Waals surface area (Å²) in [5.74, 6) is 2.24. The Morgan fingerprint density at radius 2 is 2.06 bits per heavy atom. The normalized spacial score (nSPS) is 21.0. The predicted octanol–water partition coefficient (Wildman–Crippen LogP) is 5.16. The lowest BCUT2D eigenvalue weighted by Gasteiger charge is -2.32. The van der Waals surface area contributed by atoms with Gasteiger partial charge in [0.2, 0.25) is 11.8 Å². The van der Waals surface area contributed by atoms with E-state index >= 15 is 0 Å². The molecule has 2 aliphatic rings. The van der Waals surface area contributed by atoms with Crippen molar-refractivity contribution in [3.8, 4) is 5.88 Å². The Morgan fingerprint density at radius 1 is 1.24 bits per heavy atom. The number of rotatable bonds is 6. The molecule has 0 radical (unpaired) electrons. The van der Waals surface area contributed by atoms with Crippen molar-refractivity contribution < 1.29 is 14.3 Å². The highest BCUT2D eigenvalue weighted by molar-refractivity contribution is 6.76. The molecule has 8 nitrogen and oxygen atoms in total. The van der Waals surface area contributed by atoms with Gasteiger partial charge in [-0.2, -0.15) is 10.1 Å². The van der Waals surface area contributed by atoms with Gasteiger partial charge in [0.1, 0.15) is 12.5 Å². The average Bonchev–Trinajstić information content (AvgIpc) is 3.35. The smallest absolute Gasteiger partial charge is 0.229 e. The molecule has 0 saturated carbocycles. The minimum Gasteiger partial charge on any atom is -0.478 e. The van der Waals surface area contributed by atoms with Crippen LogP contribution in [0.2, 0.25) is 25.7 Å². The van der Waals surface area contributed by atoms with Crippen LogP contribution in [0.1, 0.15) is 50.8 Å². The van der Waals surface area contributed by atoms with Gasteiger partial charge in [0.05, 0.1) is 25.4 Å². The number of carbonyl (C=O) groups is 1. The van der Waals surface area contributed by atoms with Gasteiger partial charge in [-0.05, 0) is 37.8 Å². The second kappa shape index (κ2) is 10.1. The Bertz CT molecular complexity index is 1020. The number of nitrogens with zero attached hydrogens (tertiary/aromatic N) is 4. The third kappa shape index (κ3) is 5.63. The lowest BCUT2D eigenvalue weighted by molar-refractivity contribution is -0.142. The maximum absolute atomic E-state index is 13.6. The Morgan fingerprint density at radius 3 is 2.82 bits per heavy atom. The van der Waals surface area contributed by atoms with Gasteiger partial charge in [-0.3, -0.25) is 4.79 Å². The number of ether oxygens (including phenoxy) is 2. The van der Waals surface area contributed by atoms with E-state index in [0.717, 1.165) is 55.4 Å². The van der Waals surface area contributed by atoms with Gasteiger partial charge in [-0.25, -0.2) is 4.68 Å². The number of carbonyl (C=O) groups excluding carboxylic acids is 1. The second-order valence-electron chi connectivity index (χ2n) is 11.0. The van der Waals surface area contributed by atoms with Gasteiger partial charge in [0.15, 0.2) is 5.82 Å². The van der Waals surface area contributed by atoms with E-state index < -0.39 is 8.07 Å². The highest BCUT2D eigenvalue weighted by Gasteiger charge is 2.39. The maximum atomic E-state index is 13.6. The standard InChI is InChI=1S/C25H39N5O3Si/c1-6-25(2)12-7-8-13-33-22-11-9-10-21(26-22)27-23-19-16-29(24(25)31)17-20(19)30(28-23)18-32-14-15-34(3,4)5/h9-11H,6-8,12-18H2,1-5H3,(H,26,27,28). The molecular formula is C25H39N5O3Si. The molecule has 1 atom stereocenters. The third-order valence-corrected chi connectivity index (χ3v) is 8.70. The zero-order valence-corrected chi connectivity index (χ0v) is 22.3. The van der Waals surface area contributed by atoms with Crippen LogP contribution < -0.4 is 10.1 Å². The lowest BCUT2D eigenvalue weighted by Crippen LogP contribution is -2.39. The van der Waals surface area contributed by atoms with Crippen LogP contribution in [0.25, 0.3) is 0 Å². The third-order valence-electron chi connectivity index (χ3n) is 6.99. The fourth-order valence-electron chi connectivity index (χ4n) is 4.48. The first-order chi connectivity index (χ1) is 16.2. The summed E-state index contributed by atoms with van der Waals surface area (Å²) in [7, 11) is -1.16. The van der Waals surface area contributed by atoms with E-state index in [2.05, 4.69) is 43.8 Å². The van der Waals surface area contributed by atoms with Crippen LogP contribution in [-0.4, -0.2) is 46.9 Å². The first-order valence-electron chi connectivity index (χ1n) is 12.5. The Labute approximate surface area is 204 Å². The minimum atomic E-state index is -1.16. The van der Waals surface area contributed by atoms with Crippen LogP contribution in [-0.2, 0) is 29.4 Å². The Kier molecular flexibility index (Phi) is 7.32. The fraction of sp³-hybridized carbons (Fsp3) is 0.640. The van der Waals surface area contributed by atoms with E-state index in [-0.39, 0.29) is 11.3 Å². The van der Waals surface area contributed by atoms with Gasteiger partial charge in [-0.1, -0.05) is 39.6 Å². The van der Waals surface area contributed by atoms with Gasteiger partial charge < -0.3 is 19.7 Å². The molecule has 2 aliphatic heterocycles. The van der Waals surface area contributed by atoms with E-state index in [1.165, 1.54) is 0 Å². The van der Waals surface area contributed by atoms with E-state index in [1.54, 1.807) is 0 Å². The van der Waals surface area contributed by atoms with Gasteiger partial charge >= 0.3 is 0 Å². The highest BCUT2D eigenvalue weighted by atomic mass is 28.3. The number of nitrogens with one attached hydrogen (secondary N) is 1. The van der Waals surface area contributed by atoms with Crippen molar-refractivity contribution in [1.29, 1.82) is 0 Å². The van der Waals surface area contributed by atoms with Crippen molar-refractivity contribution in [2.75, 3.05) is 18.5 Å². The number of hydrogen-bond acceptors (Lipinski definition) is 6. The molecule has 0 spiro atoms. The largest absolute Gasteiger partial charge is 0.478 e. The number of aromatic nitrogens is 3. The monoisotopic (exact) mass is 485 g/mol. The van der Waals surface area contributed by atoms with E-state index in [0.29, 0.717) is 38.1 Å². The molecule has 0 aromatic carbocycles. The Balaban J connectivity index is 1.62. The Hall–Kier alpha value is -2.39. The molecule has 1 amide bonds. The first kappa shape index (κ1) is 24.7. The number of amides is 1. The molecule has 2 aromatic rings. The number of pyridine rings is 1. The molecule has 0 fully saturated rings. The van der Waals surface area contributed by atoms with E-state index in [1.807, 2.05) is 27.8 Å². The van der Waals surface area contributed by atoms with Crippen molar-refractivity contribution >= 4 is 25.6 Å². The van der Waals surface area contributed by atoms with Crippen molar-refractivity contribution in [3.63, 3.8) is 0 Å². The van der Waals surface area contributed by atoms with Crippen LogP contribution in [0.3, 0.4) is 0 Å². The van der Waals surface area contributed by atoms with Crippen molar-refractivity contribution in [3.05, 3.63) is 29.5 Å². The van der Waals surface area contributed by atoms with Crippen LogP contribution in [0.15, 0.2) is 18.2 Å². The zero-order chi connectivity index (χ0) is 24.3. The lowest BCUT2D eigenvalue weighted by atomic mass is 9.81. The maximum Gasteiger partial charge on any atom is 0.229 e. The van der Waals surface area contributed by atoms with Crippen molar-refractivity contribution in [2.24, 2.45) is 5.41 Å². The highest BCUT2D eigenvalue weighted by Crippen LogP contribution is 2.37. The summed E-state index contributed by atoms with van der Waals surface area (Å²) in [5, 5.41) is 8.19. The zero-order valence-electron chi connectivity index (χ0n) is 21.3. The molecule has 9 heteroatoms. The quantitative estimate of drug-likeness (QED) is 0.450. The molecule has 1 unspecified atom stereocenters. The van der Waals surface area contributed by atoms with Crippen LogP contribution in [0.4, 0.5) is 11.6 Å². The number of anilines is 2. The van der Waals surface area contributed by atoms with Crippen molar-refractivity contribution in [2.45, 2.75) is 85.0 Å². The van der Waals surface area contributed by atoms with Gasteiger partial charge in [0.25, 0.3) is 0 Å². The number of hydrogen-bond donors (Lipinski definition) is 1. The molecule has 0 saturated heterocycles. The van der Waals surface area contributed by atoms with Crippen LogP contribution >= 0.6 is 0 Å². The summed E-state index contributed by atoms with van der Waals surface area (Å²) >= 11 is 0. The summed E-state index contributed by atoms with van der Waals surface area (Å²) in [4.78, 5) is 20.2. The SMILES string of the molecule is CCC1(C)CCCCOc2cccc(n2)Nc2nn(COCC[Si](C)(C)C)c3c2CN(C3)C1=O. The molecule has 4 rings (SSSR count). The van der Waals surface area contributed by atoms with Crippen LogP contribution in [0.5, 0.6) is 5.88 Å². The predicted molar refractivity (Wildman–Crippen MR) is 136 cm³/mol. The molecule has 4 heterocycles. The summed E-state index contributed by atoms with van der Waals surface area (Å²) in [6.45, 7) is 14.1. The van der Waals surface area contributed by atoms with Crippen LogP contribution in [0, 0.1) is 5.41 Å². The summed E-state index contributed by atoms with van der Waals surface area (Å²) in [6.07, 6.45) is 3.51. The van der Waals surface area contributed by atoms with Crippen molar-refractivity contribution in [1.82, 2.24) is 19.7 Å². The molecule has 186 valence electrons. The van der Waals surface area contributed by atoms with Gasteiger partial charge in [0, 0.05) is 31.7 Å². The fourth-order valence-corrected chi connectivity index (χ4v) is 5.24. The summed E-state index contributed by atoms with van der Waals surface area (Å²) in [6, 6.07) is 6.83.